The van der Waals surface area contributed by atoms with Crippen molar-refractivity contribution in [2.75, 3.05) is 5.33 Å². The van der Waals surface area contributed by atoms with E-state index in [1.165, 1.54) is 6.07 Å². The molecule has 0 fully saturated rings. The molecular formula is C11H10Br2FN3. The summed E-state index contributed by atoms with van der Waals surface area (Å²) in [5.41, 5.74) is 1.50. The van der Waals surface area contributed by atoms with Gasteiger partial charge in [0.15, 0.2) is 0 Å². The van der Waals surface area contributed by atoms with Gasteiger partial charge in [0.1, 0.15) is 5.82 Å². The number of halogens is 3. The summed E-state index contributed by atoms with van der Waals surface area (Å²) in [6.07, 6.45) is 2.66. The largest absolute Gasteiger partial charge is 0.248 e. The fourth-order valence-electron chi connectivity index (χ4n) is 1.45. The molecule has 0 aliphatic carbocycles. The zero-order valence-electron chi connectivity index (χ0n) is 8.91. The van der Waals surface area contributed by atoms with Gasteiger partial charge in [0.25, 0.3) is 0 Å². The average molecular weight is 363 g/mol. The molecule has 0 aliphatic heterocycles. The molecule has 1 aromatic heterocycles. The maximum absolute atomic E-state index is 13.6. The van der Waals surface area contributed by atoms with Gasteiger partial charge in [-0.3, -0.25) is 0 Å². The lowest BCUT2D eigenvalue weighted by atomic mass is 10.2. The average Bonchev–Trinajstić information content (AvgIpc) is 2.71. The van der Waals surface area contributed by atoms with E-state index >= 15 is 0 Å². The van der Waals surface area contributed by atoms with Crippen molar-refractivity contribution in [2.45, 2.75) is 13.0 Å². The summed E-state index contributed by atoms with van der Waals surface area (Å²) in [5.74, 6) is -0.239. The minimum Gasteiger partial charge on any atom is -0.248 e. The molecule has 0 amide bonds. The Morgan fingerprint density at radius 1 is 1.35 bits per heavy atom. The first-order valence-electron chi connectivity index (χ1n) is 5.08. The highest BCUT2D eigenvalue weighted by Crippen LogP contribution is 2.16. The zero-order chi connectivity index (χ0) is 12.3. The quantitative estimate of drug-likeness (QED) is 0.782. The molecule has 0 bridgehead atoms. The minimum atomic E-state index is -0.239. The fraction of sp³-hybridized carbons (Fsp3) is 0.273. The topological polar surface area (TPSA) is 30.7 Å². The molecule has 0 atom stereocenters. The van der Waals surface area contributed by atoms with Gasteiger partial charge in [0.2, 0.25) is 0 Å². The zero-order valence-corrected chi connectivity index (χ0v) is 12.1. The Morgan fingerprint density at radius 2 is 2.18 bits per heavy atom. The van der Waals surface area contributed by atoms with E-state index in [1.807, 2.05) is 12.3 Å². The van der Waals surface area contributed by atoms with Gasteiger partial charge in [-0.25, -0.2) is 9.07 Å². The van der Waals surface area contributed by atoms with E-state index in [1.54, 1.807) is 10.7 Å². The van der Waals surface area contributed by atoms with Crippen molar-refractivity contribution in [3.05, 3.63) is 45.9 Å². The molecule has 90 valence electrons. The molecule has 0 spiro atoms. The maximum atomic E-state index is 13.6. The number of rotatable bonds is 4. The molecule has 1 aromatic carbocycles. The molecule has 0 saturated heterocycles. The Hall–Kier alpha value is -0.750. The van der Waals surface area contributed by atoms with Gasteiger partial charge in [-0.2, -0.15) is 0 Å². The van der Waals surface area contributed by atoms with Gasteiger partial charge in [-0.1, -0.05) is 43.1 Å². The predicted molar refractivity (Wildman–Crippen MR) is 70.7 cm³/mol. The van der Waals surface area contributed by atoms with Gasteiger partial charge in [-0.05, 0) is 12.1 Å². The molecule has 2 aromatic rings. The Morgan fingerprint density at radius 3 is 2.88 bits per heavy atom. The molecule has 17 heavy (non-hydrogen) atoms. The smallest absolute Gasteiger partial charge is 0.129 e. The molecule has 1 heterocycles. The van der Waals surface area contributed by atoms with Crippen molar-refractivity contribution in [3.8, 4) is 0 Å². The molecule has 0 unspecified atom stereocenters. The minimum absolute atomic E-state index is 0.239. The van der Waals surface area contributed by atoms with Crippen molar-refractivity contribution in [1.29, 1.82) is 0 Å². The first-order valence-corrected chi connectivity index (χ1v) is 6.99. The van der Waals surface area contributed by atoms with E-state index in [9.17, 15) is 4.39 Å². The number of hydrogen-bond donors (Lipinski definition) is 0. The lowest BCUT2D eigenvalue weighted by Gasteiger charge is -2.02. The van der Waals surface area contributed by atoms with Gasteiger partial charge >= 0.3 is 0 Å². The van der Waals surface area contributed by atoms with Gasteiger partial charge in [-0.15, -0.1) is 5.10 Å². The summed E-state index contributed by atoms with van der Waals surface area (Å²) in [6.45, 7) is 0.397. The van der Waals surface area contributed by atoms with Crippen LogP contribution in [-0.2, 0) is 13.0 Å². The van der Waals surface area contributed by atoms with E-state index in [0.29, 0.717) is 12.1 Å². The highest BCUT2D eigenvalue weighted by Gasteiger charge is 2.05. The number of aryl methyl sites for hydroxylation is 1. The Kier molecular flexibility index (Phi) is 4.28. The number of nitrogens with zero attached hydrogens (tertiary/aromatic N) is 3. The second kappa shape index (κ2) is 5.73. The number of aromatic nitrogens is 3. The predicted octanol–water partition coefficient (Wildman–Crippen LogP) is 3.17. The summed E-state index contributed by atoms with van der Waals surface area (Å²) >= 11 is 6.57. The highest BCUT2D eigenvalue weighted by molar-refractivity contribution is 9.10. The third kappa shape index (κ3) is 3.35. The van der Waals surface area contributed by atoms with Crippen LogP contribution in [0.2, 0.25) is 0 Å². The molecular weight excluding hydrogens is 353 g/mol. The van der Waals surface area contributed by atoms with Gasteiger partial charge in [0, 0.05) is 28.0 Å². The van der Waals surface area contributed by atoms with E-state index in [2.05, 4.69) is 42.2 Å². The molecule has 6 heteroatoms. The van der Waals surface area contributed by atoms with Gasteiger partial charge < -0.3 is 0 Å². The van der Waals surface area contributed by atoms with Crippen LogP contribution < -0.4 is 0 Å². The summed E-state index contributed by atoms with van der Waals surface area (Å²) in [6, 6.07) is 5.01. The highest BCUT2D eigenvalue weighted by atomic mass is 79.9. The van der Waals surface area contributed by atoms with Crippen LogP contribution >= 0.6 is 31.9 Å². The van der Waals surface area contributed by atoms with Crippen LogP contribution in [0.5, 0.6) is 0 Å². The van der Waals surface area contributed by atoms with Crippen molar-refractivity contribution in [1.82, 2.24) is 15.0 Å². The normalized spacial score (nSPS) is 10.8. The Balaban J connectivity index is 2.13. The van der Waals surface area contributed by atoms with Crippen LogP contribution in [0, 0.1) is 5.82 Å². The van der Waals surface area contributed by atoms with E-state index in [-0.39, 0.29) is 5.82 Å². The van der Waals surface area contributed by atoms with Crippen LogP contribution in [-0.4, -0.2) is 20.3 Å². The molecule has 2 rings (SSSR count). The van der Waals surface area contributed by atoms with E-state index in [0.717, 1.165) is 21.9 Å². The van der Waals surface area contributed by atoms with Crippen molar-refractivity contribution >= 4 is 31.9 Å². The molecule has 0 N–H and O–H groups in total. The second-order valence-corrected chi connectivity index (χ2v) is 5.29. The molecule has 0 aliphatic rings. The standard InChI is InChI=1S/C11H10Br2FN3/c12-4-3-10-7-17(16-15-10)6-8-1-2-9(13)5-11(8)14/h1-2,5,7H,3-4,6H2. The summed E-state index contributed by atoms with van der Waals surface area (Å²) in [5, 5.41) is 8.81. The molecule has 0 saturated carbocycles. The van der Waals surface area contributed by atoms with Crippen LogP contribution in [0.4, 0.5) is 4.39 Å². The van der Waals surface area contributed by atoms with E-state index < -0.39 is 0 Å². The summed E-state index contributed by atoms with van der Waals surface area (Å²) in [7, 11) is 0. The van der Waals surface area contributed by atoms with Crippen LogP contribution in [0.3, 0.4) is 0 Å². The SMILES string of the molecule is Fc1cc(Br)ccc1Cn1cc(CCBr)nn1. The number of alkyl halides is 1. The third-order valence-electron chi connectivity index (χ3n) is 2.28. The van der Waals surface area contributed by atoms with Crippen LogP contribution in [0.25, 0.3) is 0 Å². The van der Waals surface area contributed by atoms with Crippen LogP contribution in [0.1, 0.15) is 11.3 Å². The summed E-state index contributed by atoms with van der Waals surface area (Å²) in [4.78, 5) is 0. The molecule has 0 radical (unpaired) electrons. The second-order valence-electron chi connectivity index (χ2n) is 3.58. The number of benzene rings is 1. The number of hydrogen-bond acceptors (Lipinski definition) is 2. The Labute approximate surface area is 115 Å². The lowest BCUT2D eigenvalue weighted by Crippen LogP contribution is -2.02. The van der Waals surface area contributed by atoms with Crippen molar-refractivity contribution in [3.63, 3.8) is 0 Å². The monoisotopic (exact) mass is 361 g/mol. The van der Waals surface area contributed by atoms with Crippen molar-refractivity contribution < 1.29 is 4.39 Å². The first-order chi connectivity index (χ1) is 8.19. The fourth-order valence-corrected chi connectivity index (χ4v) is 2.19. The lowest BCUT2D eigenvalue weighted by molar-refractivity contribution is 0.576. The Bertz CT molecular complexity index is 513. The summed E-state index contributed by atoms with van der Waals surface area (Å²) < 4.78 is 16.0. The van der Waals surface area contributed by atoms with Crippen LogP contribution in [0.15, 0.2) is 28.9 Å². The van der Waals surface area contributed by atoms with E-state index in [4.69, 9.17) is 0 Å². The maximum Gasteiger partial charge on any atom is 0.129 e. The first kappa shape index (κ1) is 12.7. The molecule has 3 nitrogen and oxygen atoms in total. The van der Waals surface area contributed by atoms with Crippen molar-refractivity contribution in [2.24, 2.45) is 0 Å². The van der Waals surface area contributed by atoms with Gasteiger partial charge in [0.05, 0.1) is 12.2 Å². The third-order valence-corrected chi connectivity index (χ3v) is 3.17.